The van der Waals surface area contributed by atoms with Gasteiger partial charge in [-0.2, -0.15) is 4.98 Å². The molecule has 4 aromatic rings. The lowest BCUT2D eigenvalue weighted by molar-refractivity contribution is 0.355. The predicted octanol–water partition coefficient (Wildman–Crippen LogP) is 3.61. The summed E-state index contributed by atoms with van der Waals surface area (Å²) in [6, 6.07) is 17.2. The van der Waals surface area contributed by atoms with E-state index in [2.05, 4.69) is 20.3 Å². The van der Waals surface area contributed by atoms with Gasteiger partial charge in [-0.1, -0.05) is 36.4 Å². The van der Waals surface area contributed by atoms with E-state index in [4.69, 9.17) is 9.47 Å². The molecular weight excluding hydrogens is 368 g/mol. The second-order valence-corrected chi connectivity index (χ2v) is 6.38. The second-order valence-electron chi connectivity index (χ2n) is 6.38. The lowest BCUT2D eigenvalue weighted by atomic mass is 10.0. The van der Waals surface area contributed by atoms with Gasteiger partial charge in [-0.3, -0.25) is 9.78 Å². The molecule has 7 heteroatoms. The van der Waals surface area contributed by atoms with Crippen LogP contribution < -0.4 is 20.3 Å². The Labute approximate surface area is 167 Å². The van der Waals surface area contributed by atoms with Gasteiger partial charge in [0, 0.05) is 12.7 Å². The third-order valence-electron chi connectivity index (χ3n) is 4.60. The number of methoxy groups -OCH3 is 2. The zero-order valence-electron chi connectivity index (χ0n) is 16.1. The molecule has 4 rings (SSSR count). The smallest absolute Gasteiger partial charge is 0.262 e. The van der Waals surface area contributed by atoms with Gasteiger partial charge in [0.1, 0.15) is 0 Å². The first-order valence-electron chi connectivity index (χ1n) is 9.09. The average Bonchev–Trinajstić information content (AvgIpc) is 2.77. The summed E-state index contributed by atoms with van der Waals surface area (Å²) in [5.41, 5.74) is 2.73. The molecule has 0 atom stereocenters. The first kappa shape index (κ1) is 18.5. The summed E-state index contributed by atoms with van der Waals surface area (Å²) in [4.78, 5) is 24.4. The number of hydrogen-bond donors (Lipinski definition) is 2. The van der Waals surface area contributed by atoms with E-state index in [9.17, 15) is 4.79 Å². The highest BCUT2D eigenvalue weighted by molar-refractivity contribution is 5.92. The summed E-state index contributed by atoms with van der Waals surface area (Å²) in [6.45, 7) is 0.546. The van der Waals surface area contributed by atoms with Crippen molar-refractivity contribution in [3.05, 3.63) is 76.7 Å². The lowest BCUT2D eigenvalue weighted by Gasteiger charge is -2.11. The number of fused-ring (bicyclic) bond motifs is 1. The molecule has 0 aliphatic carbocycles. The normalized spacial score (nSPS) is 10.7. The number of rotatable bonds is 6. The Bertz CT molecular complexity index is 1210. The zero-order valence-corrected chi connectivity index (χ0v) is 16.1. The molecule has 146 valence electrons. The Morgan fingerprint density at radius 3 is 2.55 bits per heavy atom. The van der Waals surface area contributed by atoms with Crippen molar-refractivity contribution in [2.75, 3.05) is 19.5 Å². The molecule has 0 saturated carbocycles. The van der Waals surface area contributed by atoms with Gasteiger partial charge in [-0.05, 0) is 34.9 Å². The quantitative estimate of drug-likeness (QED) is 0.524. The highest BCUT2D eigenvalue weighted by atomic mass is 16.5. The van der Waals surface area contributed by atoms with Gasteiger partial charge in [0.25, 0.3) is 5.56 Å². The van der Waals surface area contributed by atoms with Gasteiger partial charge in [-0.15, -0.1) is 0 Å². The van der Waals surface area contributed by atoms with Crippen molar-refractivity contribution < 1.29 is 9.47 Å². The van der Waals surface area contributed by atoms with Crippen LogP contribution in [0.2, 0.25) is 0 Å². The van der Waals surface area contributed by atoms with E-state index in [0.29, 0.717) is 35.0 Å². The van der Waals surface area contributed by atoms with Crippen molar-refractivity contribution in [1.29, 1.82) is 0 Å². The molecule has 2 aromatic heterocycles. The molecule has 0 unspecified atom stereocenters. The fraction of sp³-hybridized carbons (Fsp3) is 0.136. The SMILES string of the molecule is COc1ccc(-c2ccnc3nc(NCc4ccccc4)[nH]c(=O)c23)cc1OC. The van der Waals surface area contributed by atoms with Crippen LogP contribution in [0.1, 0.15) is 5.56 Å². The van der Waals surface area contributed by atoms with Crippen molar-refractivity contribution in [2.24, 2.45) is 0 Å². The summed E-state index contributed by atoms with van der Waals surface area (Å²) in [5, 5.41) is 3.56. The molecule has 2 aromatic carbocycles. The number of aromatic nitrogens is 3. The monoisotopic (exact) mass is 388 g/mol. The molecule has 7 nitrogen and oxygen atoms in total. The van der Waals surface area contributed by atoms with Gasteiger partial charge in [0.2, 0.25) is 5.95 Å². The van der Waals surface area contributed by atoms with E-state index in [-0.39, 0.29) is 5.56 Å². The minimum Gasteiger partial charge on any atom is -0.493 e. The third kappa shape index (κ3) is 3.75. The number of pyridine rings is 1. The van der Waals surface area contributed by atoms with E-state index < -0.39 is 0 Å². The van der Waals surface area contributed by atoms with E-state index in [1.165, 1.54) is 0 Å². The number of aromatic amines is 1. The van der Waals surface area contributed by atoms with Crippen molar-refractivity contribution in [3.63, 3.8) is 0 Å². The minimum atomic E-state index is -0.261. The van der Waals surface area contributed by atoms with E-state index in [1.54, 1.807) is 32.5 Å². The molecule has 0 bridgehead atoms. The van der Waals surface area contributed by atoms with Crippen LogP contribution in [0.4, 0.5) is 5.95 Å². The molecule has 0 amide bonds. The number of hydrogen-bond acceptors (Lipinski definition) is 6. The number of nitrogens with one attached hydrogen (secondary N) is 2. The van der Waals surface area contributed by atoms with Crippen LogP contribution in [0.3, 0.4) is 0 Å². The third-order valence-corrected chi connectivity index (χ3v) is 4.60. The fourth-order valence-corrected chi connectivity index (χ4v) is 3.17. The molecule has 0 aliphatic heterocycles. The Kier molecular flexibility index (Phi) is 5.11. The van der Waals surface area contributed by atoms with Gasteiger partial charge < -0.3 is 14.8 Å². The summed E-state index contributed by atoms with van der Waals surface area (Å²) in [5.74, 6) is 1.58. The largest absolute Gasteiger partial charge is 0.493 e. The van der Waals surface area contributed by atoms with Gasteiger partial charge in [0.15, 0.2) is 17.1 Å². The maximum atomic E-state index is 12.9. The van der Waals surface area contributed by atoms with Gasteiger partial charge in [0.05, 0.1) is 19.6 Å². The van der Waals surface area contributed by atoms with Crippen LogP contribution in [0.5, 0.6) is 11.5 Å². The Hall–Kier alpha value is -3.87. The van der Waals surface area contributed by atoms with E-state index in [0.717, 1.165) is 16.7 Å². The molecular formula is C22H20N4O3. The van der Waals surface area contributed by atoms with Crippen LogP contribution in [-0.2, 0) is 6.54 Å². The molecule has 0 spiro atoms. The standard InChI is InChI=1S/C22H20N4O3/c1-28-17-9-8-15(12-18(17)29-2)16-10-11-23-20-19(16)21(27)26-22(25-20)24-13-14-6-4-3-5-7-14/h3-12H,13H2,1-2H3,(H2,23,24,25,26,27). The molecule has 2 N–H and O–H groups in total. The lowest BCUT2D eigenvalue weighted by Crippen LogP contribution is -2.14. The molecule has 0 saturated heterocycles. The Balaban J connectivity index is 1.73. The zero-order chi connectivity index (χ0) is 20.2. The van der Waals surface area contributed by atoms with Crippen LogP contribution in [0.15, 0.2) is 65.6 Å². The minimum absolute atomic E-state index is 0.261. The van der Waals surface area contributed by atoms with Crippen LogP contribution >= 0.6 is 0 Å². The first-order valence-corrected chi connectivity index (χ1v) is 9.09. The molecule has 0 radical (unpaired) electrons. The fourth-order valence-electron chi connectivity index (χ4n) is 3.17. The number of nitrogens with zero attached hydrogens (tertiary/aromatic N) is 2. The number of ether oxygens (including phenoxy) is 2. The van der Waals surface area contributed by atoms with Gasteiger partial charge in [-0.25, -0.2) is 4.98 Å². The number of anilines is 1. The average molecular weight is 388 g/mol. The highest BCUT2D eigenvalue weighted by Gasteiger charge is 2.13. The second kappa shape index (κ2) is 8.02. The van der Waals surface area contributed by atoms with Crippen LogP contribution in [0, 0.1) is 0 Å². The maximum Gasteiger partial charge on any atom is 0.262 e. The number of H-pyrrole nitrogens is 1. The molecule has 0 fully saturated rings. The predicted molar refractivity (Wildman–Crippen MR) is 112 cm³/mol. The molecule has 29 heavy (non-hydrogen) atoms. The van der Waals surface area contributed by atoms with Crippen LogP contribution in [-0.4, -0.2) is 29.2 Å². The van der Waals surface area contributed by atoms with E-state index >= 15 is 0 Å². The molecule has 0 aliphatic rings. The number of benzene rings is 2. The summed E-state index contributed by atoms with van der Waals surface area (Å²) in [6.07, 6.45) is 1.64. The Morgan fingerprint density at radius 1 is 1.00 bits per heavy atom. The molecule has 2 heterocycles. The summed E-state index contributed by atoms with van der Waals surface area (Å²) < 4.78 is 10.7. The first-order chi connectivity index (χ1) is 14.2. The van der Waals surface area contributed by atoms with Crippen molar-refractivity contribution >= 4 is 17.0 Å². The maximum absolute atomic E-state index is 12.9. The topological polar surface area (TPSA) is 89.1 Å². The van der Waals surface area contributed by atoms with Gasteiger partial charge >= 0.3 is 0 Å². The summed E-state index contributed by atoms with van der Waals surface area (Å²) >= 11 is 0. The Morgan fingerprint density at radius 2 is 1.79 bits per heavy atom. The van der Waals surface area contributed by atoms with Crippen molar-refractivity contribution in [1.82, 2.24) is 15.0 Å². The van der Waals surface area contributed by atoms with Crippen molar-refractivity contribution in [3.8, 4) is 22.6 Å². The van der Waals surface area contributed by atoms with Crippen LogP contribution in [0.25, 0.3) is 22.2 Å². The summed E-state index contributed by atoms with van der Waals surface area (Å²) in [7, 11) is 3.16. The highest BCUT2D eigenvalue weighted by Crippen LogP contribution is 2.33. The van der Waals surface area contributed by atoms with Crippen molar-refractivity contribution in [2.45, 2.75) is 6.54 Å². The van der Waals surface area contributed by atoms with E-state index in [1.807, 2.05) is 42.5 Å².